The lowest BCUT2D eigenvalue weighted by atomic mass is 10.2. The zero-order valence-corrected chi connectivity index (χ0v) is 13.6. The smallest absolute Gasteiger partial charge is 0.242 e. The highest BCUT2D eigenvalue weighted by atomic mass is 19.1. The van der Waals surface area contributed by atoms with E-state index < -0.39 is 0 Å². The van der Waals surface area contributed by atoms with Gasteiger partial charge >= 0.3 is 0 Å². The molecule has 3 aromatic rings. The zero-order valence-electron chi connectivity index (χ0n) is 13.6. The molecule has 3 rings (SSSR count). The summed E-state index contributed by atoms with van der Waals surface area (Å²) in [7, 11) is 1.70. The highest BCUT2D eigenvalue weighted by molar-refractivity contribution is 5.76. The molecule has 0 aliphatic carbocycles. The number of rotatable bonds is 6. The molecule has 25 heavy (non-hydrogen) atoms. The molecule has 1 N–H and O–H groups in total. The van der Waals surface area contributed by atoms with Crippen LogP contribution in [0, 0.1) is 5.82 Å². The number of likely N-dealkylation sites (N-methyl/N-ethyl adjacent to an activating group) is 1. The molecule has 0 fully saturated rings. The number of hydrogen-bond donors (Lipinski definition) is 1. The average Bonchev–Trinajstić information content (AvgIpc) is 3.04. The summed E-state index contributed by atoms with van der Waals surface area (Å²) in [4.78, 5) is 18.0. The maximum absolute atomic E-state index is 12.9. The zero-order chi connectivity index (χ0) is 17.6. The van der Waals surface area contributed by atoms with Crippen molar-refractivity contribution in [2.45, 2.75) is 13.1 Å². The third-order valence-electron chi connectivity index (χ3n) is 3.60. The quantitative estimate of drug-likeness (QED) is 0.745. The summed E-state index contributed by atoms with van der Waals surface area (Å²) in [6, 6.07) is 9.71. The fourth-order valence-corrected chi connectivity index (χ4v) is 2.25. The van der Waals surface area contributed by atoms with E-state index >= 15 is 0 Å². The Hall–Kier alpha value is -3.29. The van der Waals surface area contributed by atoms with Gasteiger partial charge in [0.05, 0.1) is 11.9 Å². The molecule has 0 aliphatic rings. The summed E-state index contributed by atoms with van der Waals surface area (Å²) in [6.07, 6.45) is 4.81. The summed E-state index contributed by atoms with van der Waals surface area (Å²) in [5.74, 6) is 0.0447. The molecule has 0 radical (unpaired) electrons. The lowest BCUT2D eigenvalue weighted by molar-refractivity contribution is -0.131. The standard InChI is InChI=1S/C17H17FN6O/c1-23(10-13-4-6-14(18)7-5-13)16(25)11-24-12-20-22-17(24)21-15-3-2-8-19-9-15/h2-9,12H,10-11H2,1H3,(H,21,22). The third kappa shape index (κ3) is 4.37. The van der Waals surface area contributed by atoms with E-state index in [-0.39, 0.29) is 18.3 Å². The van der Waals surface area contributed by atoms with Gasteiger partial charge in [-0.3, -0.25) is 14.3 Å². The van der Waals surface area contributed by atoms with Crippen molar-refractivity contribution in [2.75, 3.05) is 12.4 Å². The Morgan fingerprint density at radius 3 is 2.80 bits per heavy atom. The first-order chi connectivity index (χ1) is 12.1. The minimum atomic E-state index is -0.298. The van der Waals surface area contributed by atoms with E-state index in [0.29, 0.717) is 12.5 Å². The van der Waals surface area contributed by atoms with Gasteiger partial charge in [-0.25, -0.2) is 4.39 Å². The third-order valence-corrected chi connectivity index (χ3v) is 3.60. The van der Waals surface area contributed by atoms with E-state index in [9.17, 15) is 9.18 Å². The van der Waals surface area contributed by atoms with Gasteiger partial charge < -0.3 is 10.2 Å². The number of carbonyl (C=O) groups excluding carboxylic acids is 1. The molecule has 2 heterocycles. The van der Waals surface area contributed by atoms with Crippen LogP contribution in [0.15, 0.2) is 55.1 Å². The van der Waals surface area contributed by atoms with Gasteiger partial charge in [0.2, 0.25) is 11.9 Å². The van der Waals surface area contributed by atoms with Gasteiger partial charge in [-0.05, 0) is 29.8 Å². The molecule has 0 spiro atoms. The molecule has 0 saturated heterocycles. The van der Waals surface area contributed by atoms with Gasteiger partial charge in [0, 0.05) is 19.8 Å². The number of carbonyl (C=O) groups is 1. The molecule has 1 amide bonds. The number of halogens is 1. The molecular formula is C17H17FN6O. The molecule has 8 heteroatoms. The molecule has 0 aliphatic heterocycles. The number of hydrogen-bond acceptors (Lipinski definition) is 5. The van der Waals surface area contributed by atoms with Crippen molar-refractivity contribution in [1.82, 2.24) is 24.6 Å². The SMILES string of the molecule is CN(Cc1ccc(F)cc1)C(=O)Cn1cnnc1Nc1cccnc1. The number of nitrogens with zero attached hydrogens (tertiary/aromatic N) is 5. The van der Waals surface area contributed by atoms with Crippen molar-refractivity contribution < 1.29 is 9.18 Å². The largest absolute Gasteiger partial charge is 0.340 e. The number of benzene rings is 1. The van der Waals surface area contributed by atoms with Gasteiger partial charge in [0.15, 0.2) is 0 Å². The summed E-state index contributed by atoms with van der Waals surface area (Å²) in [5.41, 5.74) is 1.61. The van der Waals surface area contributed by atoms with Crippen LogP contribution in [0.3, 0.4) is 0 Å². The maximum atomic E-state index is 12.9. The minimum absolute atomic E-state index is 0.0906. The Kier molecular flexibility index (Phi) is 4.98. The van der Waals surface area contributed by atoms with Crippen LogP contribution in [-0.2, 0) is 17.9 Å². The van der Waals surface area contributed by atoms with Crippen LogP contribution in [0.4, 0.5) is 16.0 Å². The molecule has 0 unspecified atom stereocenters. The fourth-order valence-electron chi connectivity index (χ4n) is 2.25. The Morgan fingerprint density at radius 2 is 2.08 bits per heavy atom. The van der Waals surface area contributed by atoms with Crippen molar-refractivity contribution in [3.63, 3.8) is 0 Å². The highest BCUT2D eigenvalue weighted by Crippen LogP contribution is 2.13. The second-order valence-electron chi connectivity index (χ2n) is 5.53. The molecule has 1 aromatic carbocycles. The van der Waals surface area contributed by atoms with Crippen LogP contribution in [0.25, 0.3) is 0 Å². The van der Waals surface area contributed by atoms with Crippen molar-refractivity contribution in [3.05, 3.63) is 66.5 Å². The first kappa shape index (κ1) is 16.6. The molecule has 2 aromatic heterocycles. The lowest BCUT2D eigenvalue weighted by Gasteiger charge is -2.18. The molecule has 0 bridgehead atoms. The van der Waals surface area contributed by atoms with Crippen molar-refractivity contribution in [3.8, 4) is 0 Å². The lowest BCUT2D eigenvalue weighted by Crippen LogP contribution is -2.29. The van der Waals surface area contributed by atoms with Gasteiger partial charge in [0.25, 0.3) is 0 Å². The maximum Gasteiger partial charge on any atom is 0.242 e. The predicted octanol–water partition coefficient (Wildman–Crippen LogP) is 2.21. The second kappa shape index (κ2) is 7.52. The Morgan fingerprint density at radius 1 is 1.28 bits per heavy atom. The number of nitrogens with one attached hydrogen (secondary N) is 1. The van der Waals surface area contributed by atoms with Gasteiger partial charge in [-0.1, -0.05) is 12.1 Å². The van der Waals surface area contributed by atoms with Crippen molar-refractivity contribution >= 4 is 17.5 Å². The van der Waals surface area contributed by atoms with E-state index in [4.69, 9.17) is 0 Å². The van der Waals surface area contributed by atoms with E-state index in [1.165, 1.54) is 18.5 Å². The summed E-state index contributed by atoms with van der Waals surface area (Å²) in [6.45, 7) is 0.486. The van der Waals surface area contributed by atoms with Crippen LogP contribution in [0.1, 0.15) is 5.56 Å². The summed E-state index contributed by atoms with van der Waals surface area (Å²) >= 11 is 0. The molecule has 0 saturated carbocycles. The number of anilines is 2. The van der Waals surface area contributed by atoms with Crippen LogP contribution < -0.4 is 5.32 Å². The monoisotopic (exact) mass is 340 g/mol. The Bertz CT molecular complexity index is 834. The summed E-state index contributed by atoms with van der Waals surface area (Å²) < 4.78 is 14.6. The number of aromatic nitrogens is 4. The van der Waals surface area contributed by atoms with E-state index in [0.717, 1.165) is 11.3 Å². The van der Waals surface area contributed by atoms with Crippen LogP contribution in [0.2, 0.25) is 0 Å². The fraction of sp³-hybridized carbons (Fsp3) is 0.176. The average molecular weight is 340 g/mol. The van der Waals surface area contributed by atoms with Gasteiger partial charge in [0.1, 0.15) is 18.7 Å². The normalized spacial score (nSPS) is 10.5. The van der Waals surface area contributed by atoms with Gasteiger partial charge in [-0.2, -0.15) is 0 Å². The van der Waals surface area contributed by atoms with Crippen LogP contribution >= 0.6 is 0 Å². The van der Waals surface area contributed by atoms with Crippen LogP contribution in [-0.4, -0.2) is 37.6 Å². The highest BCUT2D eigenvalue weighted by Gasteiger charge is 2.13. The molecular weight excluding hydrogens is 323 g/mol. The minimum Gasteiger partial charge on any atom is -0.340 e. The molecule has 128 valence electrons. The van der Waals surface area contributed by atoms with E-state index in [1.807, 2.05) is 6.07 Å². The van der Waals surface area contributed by atoms with Crippen LogP contribution in [0.5, 0.6) is 0 Å². The van der Waals surface area contributed by atoms with Gasteiger partial charge in [-0.15, -0.1) is 10.2 Å². The predicted molar refractivity (Wildman–Crippen MR) is 90.4 cm³/mol. The second-order valence-corrected chi connectivity index (χ2v) is 5.53. The molecule has 7 nitrogen and oxygen atoms in total. The van der Waals surface area contributed by atoms with E-state index in [2.05, 4.69) is 20.5 Å². The van der Waals surface area contributed by atoms with E-state index in [1.54, 1.807) is 47.1 Å². The van der Waals surface area contributed by atoms with Crippen molar-refractivity contribution in [1.29, 1.82) is 0 Å². The Balaban J connectivity index is 1.63. The Labute approximate surface area is 144 Å². The van der Waals surface area contributed by atoms with Crippen molar-refractivity contribution in [2.24, 2.45) is 0 Å². The molecule has 0 atom stereocenters. The summed E-state index contributed by atoms with van der Waals surface area (Å²) in [5, 5.41) is 10.9. The first-order valence-corrected chi connectivity index (χ1v) is 7.65. The first-order valence-electron chi connectivity index (χ1n) is 7.65. The number of amides is 1. The number of pyridine rings is 1. The topological polar surface area (TPSA) is 75.9 Å².